The van der Waals surface area contributed by atoms with Crippen LogP contribution in [0.25, 0.3) is 10.6 Å². The van der Waals surface area contributed by atoms with Crippen LogP contribution in [0.3, 0.4) is 0 Å². The summed E-state index contributed by atoms with van der Waals surface area (Å²) in [4.78, 5) is 34.5. The molecular formula is C22H22N4O4S3. The first kappa shape index (κ1) is 23.4. The van der Waals surface area contributed by atoms with Crippen molar-refractivity contribution < 1.29 is 18.0 Å². The number of hydrogen-bond acceptors (Lipinski definition) is 8. The summed E-state index contributed by atoms with van der Waals surface area (Å²) in [5.74, 6) is -0.181. The van der Waals surface area contributed by atoms with Gasteiger partial charge in [-0.15, -0.1) is 11.3 Å². The van der Waals surface area contributed by atoms with E-state index in [1.54, 1.807) is 48.1 Å². The average Bonchev–Trinajstić information content (AvgIpc) is 3.53. The van der Waals surface area contributed by atoms with E-state index in [9.17, 15) is 18.0 Å². The van der Waals surface area contributed by atoms with E-state index in [0.29, 0.717) is 36.0 Å². The highest BCUT2D eigenvalue weighted by molar-refractivity contribution is 8.01. The number of aromatic nitrogens is 2. The molecule has 0 radical (unpaired) electrons. The molecule has 1 saturated heterocycles. The van der Waals surface area contributed by atoms with Crippen molar-refractivity contribution in [3.05, 3.63) is 65.9 Å². The highest BCUT2D eigenvalue weighted by atomic mass is 32.2. The van der Waals surface area contributed by atoms with Crippen molar-refractivity contribution in [3.63, 3.8) is 0 Å². The van der Waals surface area contributed by atoms with Gasteiger partial charge in [-0.25, -0.2) is 18.4 Å². The van der Waals surface area contributed by atoms with Crippen LogP contribution in [0.5, 0.6) is 0 Å². The molecule has 8 nitrogen and oxygen atoms in total. The lowest BCUT2D eigenvalue weighted by Crippen LogP contribution is -2.45. The minimum absolute atomic E-state index is 0.0481. The predicted octanol–water partition coefficient (Wildman–Crippen LogP) is 3.00. The summed E-state index contributed by atoms with van der Waals surface area (Å²) in [5.41, 5.74) is 1.12. The molecule has 0 atom stereocenters. The Bertz CT molecular complexity index is 1220. The van der Waals surface area contributed by atoms with Crippen LogP contribution in [0.15, 0.2) is 65.1 Å². The van der Waals surface area contributed by atoms with Crippen LogP contribution in [-0.4, -0.2) is 70.6 Å². The van der Waals surface area contributed by atoms with E-state index in [4.69, 9.17) is 0 Å². The highest BCUT2D eigenvalue weighted by Crippen LogP contribution is 2.25. The summed E-state index contributed by atoms with van der Waals surface area (Å²) in [6.07, 6.45) is 4.05. The number of carbonyl (C=O) groups excluding carboxylic acids is 2. The Morgan fingerprint density at radius 2 is 1.85 bits per heavy atom. The van der Waals surface area contributed by atoms with Gasteiger partial charge < -0.3 is 0 Å². The number of rotatable bonds is 8. The molecule has 11 heteroatoms. The first-order valence-corrected chi connectivity index (χ1v) is 14.0. The second-order valence-electron chi connectivity index (χ2n) is 7.26. The fourth-order valence-electron chi connectivity index (χ4n) is 3.36. The van der Waals surface area contributed by atoms with Crippen molar-refractivity contribution >= 4 is 44.8 Å². The molecule has 0 bridgehead atoms. The number of amides is 2. The third-order valence-corrected chi connectivity index (χ3v) is 8.84. The van der Waals surface area contributed by atoms with Crippen LogP contribution in [0.2, 0.25) is 0 Å². The van der Waals surface area contributed by atoms with Crippen molar-refractivity contribution in [2.45, 2.75) is 11.3 Å². The molecule has 0 N–H and O–H groups in total. The highest BCUT2D eigenvalue weighted by Gasteiger charge is 2.32. The second kappa shape index (κ2) is 10.4. The van der Waals surface area contributed by atoms with Gasteiger partial charge in [0.2, 0.25) is 0 Å². The number of thiazole rings is 1. The number of sulfone groups is 1. The Morgan fingerprint density at radius 1 is 1.06 bits per heavy atom. The molecule has 1 aliphatic heterocycles. The van der Waals surface area contributed by atoms with E-state index in [2.05, 4.69) is 9.97 Å². The lowest BCUT2D eigenvalue weighted by atomic mass is 10.3. The van der Waals surface area contributed by atoms with Crippen molar-refractivity contribution in [1.29, 1.82) is 0 Å². The summed E-state index contributed by atoms with van der Waals surface area (Å²) in [6.45, 7) is 0.893. The molecule has 3 heterocycles. The fourth-order valence-corrected chi connectivity index (χ4v) is 6.77. The number of pyridine rings is 1. The maximum atomic E-state index is 13.0. The Kier molecular flexibility index (Phi) is 7.41. The second-order valence-corrected chi connectivity index (χ2v) is 11.3. The van der Waals surface area contributed by atoms with Gasteiger partial charge in [-0.2, -0.15) is 11.8 Å². The van der Waals surface area contributed by atoms with Gasteiger partial charge in [-0.1, -0.05) is 18.2 Å². The summed E-state index contributed by atoms with van der Waals surface area (Å²) < 4.78 is 24.7. The molecule has 0 unspecified atom stereocenters. The van der Waals surface area contributed by atoms with Gasteiger partial charge in [0.15, 0.2) is 9.84 Å². The summed E-state index contributed by atoms with van der Waals surface area (Å²) in [7, 11) is -3.38. The number of carbonyl (C=O) groups is 2. The first-order chi connectivity index (χ1) is 16.0. The normalized spacial score (nSPS) is 13.9. The zero-order valence-corrected chi connectivity index (χ0v) is 20.1. The summed E-state index contributed by atoms with van der Waals surface area (Å²) in [5, 5.41) is 5.27. The Hall–Kier alpha value is -2.76. The molecule has 0 aliphatic carbocycles. The van der Waals surface area contributed by atoms with E-state index in [-0.39, 0.29) is 28.2 Å². The number of benzene rings is 1. The van der Waals surface area contributed by atoms with Crippen molar-refractivity contribution in [3.8, 4) is 10.6 Å². The van der Waals surface area contributed by atoms with Crippen molar-refractivity contribution in [1.82, 2.24) is 20.0 Å². The number of hydrazine groups is 1. The van der Waals surface area contributed by atoms with Gasteiger partial charge >= 0.3 is 0 Å². The molecule has 1 fully saturated rings. The van der Waals surface area contributed by atoms with Gasteiger partial charge in [0.1, 0.15) is 10.7 Å². The van der Waals surface area contributed by atoms with E-state index >= 15 is 0 Å². The maximum absolute atomic E-state index is 13.0. The van der Waals surface area contributed by atoms with Gasteiger partial charge in [-0.3, -0.25) is 19.6 Å². The van der Waals surface area contributed by atoms with Gasteiger partial charge in [0, 0.05) is 42.2 Å². The first-order valence-electron chi connectivity index (χ1n) is 10.3. The average molecular weight is 503 g/mol. The molecule has 0 spiro atoms. The topological polar surface area (TPSA) is 101 Å². The molecule has 2 amide bonds. The molecule has 3 aromatic rings. The van der Waals surface area contributed by atoms with E-state index in [0.717, 1.165) is 5.56 Å². The third-order valence-electron chi connectivity index (χ3n) is 5.01. The number of nitrogens with zero attached hydrogens (tertiary/aromatic N) is 4. The lowest BCUT2D eigenvalue weighted by molar-refractivity contribution is -0.137. The van der Waals surface area contributed by atoms with Crippen molar-refractivity contribution in [2.75, 3.05) is 30.3 Å². The van der Waals surface area contributed by atoms with Gasteiger partial charge in [0.05, 0.1) is 16.4 Å². The Balaban J connectivity index is 1.32. The molecule has 2 aromatic heterocycles. The van der Waals surface area contributed by atoms with Crippen LogP contribution in [0.1, 0.15) is 16.9 Å². The monoisotopic (exact) mass is 502 g/mol. The van der Waals surface area contributed by atoms with Crippen molar-refractivity contribution in [2.24, 2.45) is 0 Å². The van der Waals surface area contributed by atoms with Gasteiger partial charge in [-0.05, 0) is 30.7 Å². The van der Waals surface area contributed by atoms with Crippen LogP contribution in [0.4, 0.5) is 0 Å². The molecule has 4 rings (SSSR count). The minimum atomic E-state index is -3.38. The molecule has 172 valence electrons. The molecule has 1 aliphatic rings. The molecule has 0 saturated carbocycles. The quantitative estimate of drug-likeness (QED) is 0.437. The lowest BCUT2D eigenvalue weighted by Gasteiger charge is -2.27. The maximum Gasteiger partial charge on any atom is 0.291 e. The standard InChI is InChI=1S/C22H22N4O4S3/c27-20(16-31-12-13-33(29,30)18-7-2-1-3-8-18)25-10-5-11-26(25)22(28)19-15-32-21(24-19)17-6-4-9-23-14-17/h1-4,6-9,14-15H,5,10-13,16H2. The molecular weight excluding hydrogens is 480 g/mol. The van der Waals surface area contributed by atoms with Gasteiger partial charge in [0.25, 0.3) is 11.8 Å². The zero-order chi connectivity index (χ0) is 23.3. The number of thioether (sulfide) groups is 1. The van der Waals surface area contributed by atoms with Crippen LogP contribution in [0, 0.1) is 0 Å². The van der Waals surface area contributed by atoms with E-state index in [1.807, 2.05) is 12.1 Å². The largest absolute Gasteiger partial charge is 0.291 e. The predicted molar refractivity (Wildman–Crippen MR) is 129 cm³/mol. The number of hydrogen-bond donors (Lipinski definition) is 0. The van der Waals surface area contributed by atoms with E-state index < -0.39 is 9.84 Å². The van der Waals surface area contributed by atoms with Crippen LogP contribution in [-0.2, 0) is 14.6 Å². The Labute approximate surface area is 200 Å². The molecule has 33 heavy (non-hydrogen) atoms. The minimum Gasteiger partial charge on any atom is -0.272 e. The SMILES string of the molecule is O=C(CSCCS(=O)(=O)c1ccccc1)N1CCCN1C(=O)c1csc(-c2cccnc2)n1. The molecule has 1 aromatic carbocycles. The Morgan fingerprint density at radius 3 is 2.61 bits per heavy atom. The third kappa shape index (κ3) is 5.60. The summed E-state index contributed by atoms with van der Waals surface area (Å²) >= 11 is 2.61. The van der Waals surface area contributed by atoms with Crippen LogP contribution < -0.4 is 0 Å². The smallest absolute Gasteiger partial charge is 0.272 e. The summed E-state index contributed by atoms with van der Waals surface area (Å²) in [6, 6.07) is 12.0. The fraction of sp³-hybridized carbons (Fsp3) is 0.273. The zero-order valence-electron chi connectivity index (χ0n) is 17.7. The van der Waals surface area contributed by atoms with E-state index in [1.165, 1.54) is 33.1 Å². The van der Waals surface area contributed by atoms with Crippen LogP contribution >= 0.6 is 23.1 Å².